The molecule has 0 aromatic rings. The van der Waals surface area contributed by atoms with Gasteiger partial charge in [0.15, 0.2) is 0 Å². The van der Waals surface area contributed by atoms with E-state index in [1.165, 1.54) is 0 Å². The van der Waals surface area contributed by atoms with Gasteiger partial charge in [-0.2, -0.15) is 11.8 Å². The van der Waals surface area contributed by atoms with E-state index in [0.29, 0.717) is 0 Å². The van der Waals surface area contributed by atoms with Gasteiger partial charge in [-0.15, -0.1) is 0 Å². The monoisotopic (exact) mass is 262 g/mol. The highest BCUT2D eigenvalue weighted by Crippen LogP contribution is 2.11. The molecule has 17 heavy (non-hydrogen) atoms. The van der Waals surface area contributed by atoms with Gasteiger partial charge in [0, 0.05) is 16.8 Å². The summed E-state index contributed by atoms with van der Waals surface area (Å²) in [5, 5.41) is 15.4. The molecule has 102 valence electrons. The zero-order valence-electron chi connectivity index (χ0n) is 11.7. The molecule has 5 heteroatoms. The van der Waals surface area contributed by atoms with Crippen molar-refractivity contribution in [2.24, 2.45) is 0 Å². The average molecular weight is 262 g/mol. The van der Waals surface area contributed by atoms with Crippen LogP contribution in [0.4, 0.5) is 0 Å². The molecule has 0 saturated heterocycles. The third-order valence-corrected chi connectivity index (χ3v) is 3.61. The summed E-state index contributed by atoms with van der Waals surface area (Å²) in [6.45, 7) is 9.81. The fraction of sp³-hybridized carbons (Fsp3) is 0.917. The molecule has 0 saturated carbocycles. The maximum atomic E-state index is 11.9. The highest BCUT2D eigenvalue weighted by Gasteiger charge is 2.23. The molecule has 0 aliphatic heterocycles. The molecule has 0 fully saturated rings. The zero-order valence-corrected chi connectivity index (χ0v) is 12.5. The van der Waals surface area contributed by atoms with Crippen LogP contribution in [0.1, 0.15) is 34.6 Å². The summed E-state index contributed by atoms with van der Waals surface area (Å²) in [6.07, 6.45) is 1.96. The summed E-state index contributed by atoms with van der Waals surface area (Å²) in [4.78, 5) is 11.9. The molecule has 0 aromatic heterocycles. The van der Waals surface area contributed by atoms with Crippen LogP contribution in [0.15, 0.2) is 0 Å². The third-order valence-electron chi connectivity index (χ3n) is 2.44. The maximum absolute atomic E-state index is 11.9. The summed E-state index contributed by atoms with van der Waals surface area (Å²) in [5.74, 6) is -0.0119. The Bertz CT molecular complexity index is 237. The largest absolute Gasteiger partial charge is 0.395 e. The van der Waals surface area contributed by atoms with Crippen LogP contribution in [0, 0.1) is 0 Å². The van der Waals surface area contributed by atoms with Gasteiger partial charge in [0.1, 0.15) is 0 Å². The highest BCUT2D eigenvalue weighted by molar-refractivity contribution is 7.99. The molecule has 0 aliphatic carbocycles. The smallest absolute Gasteiger partial charge is 0.237 e. The molecule has 0 aliphatic rings. The van der Waals surface area contributed by atoms with Crippen LogP contribution in [0.5, 0.6) is 0 Å². The van der Waals surface area contributed by atoms with Gasteiger partial charge >= 0.3 is 0 Å². The zero-order chi connectivity index (χ0) is 13.6. The van der Waals surface area contributed by atoms with Gasteiger partial charge < -0.3 is 15.7 Å². The molecule has 0 radical (unpaired) electrons. The highest BCUT2D eigenvalue weighted by atomic mass is 32.2. The summed E-state index contributed by atoms with van der Waals surface area (Å²) < 4.78 is 0. The van der Waals surface area contributed by atoms with E-state index < -0.39 is 0 Å². The second-order valence-corrected chi connectivity index (χ2v) is 6.45. The van der Waals surface area contributed by atoms with E-state index in [0.717, 1.165) is 0 Å². The van der Waals surface area contributed by atoms with Crippen LogP contribution in [-0.2, 0) is 4.79 Å². The van der Waals surface area contributed by atoms with Gasteiger partial charge in [0.25, 0.3) is 0 Å². The first-order valence-corrected chi connectivity index (χ1v) is 7.21. The lowest BCUT2D eigenvalue weighted by molar-refractivity contribution is -0.124. The fourth-order valence-corrected chi connectivity index (χ4v) is 2.13. The quantitative estimate of drug-likeness (QED) is 0.668. The van der Waals surface area contributed by atoms with Crippen LogP contribution < -0.4 is 10.6 Å². The van der Waals surface area contributed by atoms with E-state index in [2.05, 4.69) is 10.6 Å². The van der Waals surface area contributed by atoms with Crippen molar-refractivity contribution in [3.05, 3.63) is 0 Å². The fourth-order valence-electron chi connectivity index (χ4n) is 1.49. The third kappa shape index (κ3) is 6.91. The second kappa shape index (κ2) is 7.24. The lowest BCUT2D eigenvalue weighted by Gasteiger charge is -2.28. The normalized spacial score (nSPS) is 17.4. The van der Waals surface area contributed by atoms with Crippen LogP contribution in [0.25, 0.3) is 0 Å². The predicted molar refractivity (Wildman–Crippen MR) is 74.3 cm³/mol. The van der Waals surface area contributed by atoms with E-state index in [1.807, 2.05) is 40.9 Å². The summed E-state index contributed by atoms with van der Waals surface area (Å²) in [7, 11) is 0. The number of amides is 1. The Morgan fingerprint density at radius 1 is 1.35 bits per heavy atom. The molecule has 0 heterocycles. The van der Waals surface area contributed by atoms with Crippen LogP contribution in [0.2, 0.25) is 0 Å². The molecule has 1 amide bonds. The van der Waals surface area contributed by atoms with Gasteiger partial charge in [-0.25, -0.2) is 0 Å². The number of nitrogens with one attached hydrogen (secondary N) is 2. The predicted octanol–water partition coefficient (Wildman–Crippen LogP) is 0.992. The van der Waals surface area contributed by atoms with Gasteiger partial charge in [-0.1, -0.05) is 0 Å². The van der Waals surface area contributed by atoms with Crippen molar-refractivity contribution in [2.75, 3.05) is 12.9 Å². The molecule has 0 aromatic carbocycles. The number of carbonyl (C=O) groups excluding carboxylic acids is 1. The second-order valence-electron chi connectivity index (χ2n) is 5.37. The van der Waals surface area contributed by atoms with Gasteiger partial charge in [-0.05, 0) is 40.9 Å². The minimum Gasteiger partial charge on any atom is -0.395 e. The Kier molecular flexibility index (Phi) is 7.13. The molecular weight excluding hydrogens is 236 g/mol. The Morgan fingerprint density at radius 2 is 1.88 bits per heavy atom. The standard InChI is InChI=1S/C12H26N2O2S/c1-8(10(7-15)17-6)13-9(2)11(16)14-12(3,4)5/h8-10,13,15H,7H2,1-6H3,(H,14,16). The SMILES string of the molecule is CSC(CO)C(C)NC(C)C(=O)NC(C)(C)C. The van der Waals surface area contributed by atoms with E-state index in [4.69, 9.17) is 0 Å². The molecular formula is C12H26N2O2S. The molecule has 0 bridgehead atoms. The van der Waals surface area contributed by atoms with Crippen molar-refractivity contribution >= 4 is 17.7 Å². The van der Waals surface area contributed by atoms with Crippen LogP contribution in [0.3, 0.4) is 0 Å². The van der Waals surface area contributed by atoms with E-state index >= 15 is 0 Å². The molecule has 3 unspecified atom stereocenters. The summed E-state index contributed by atoms with van der Waals surface area (Å²) in [5.41, 5.74) is -0.216. The van der Waals surface area contributed by atoms with Crippen molar-refractivity contribution in [3.8, 4) is 0 Å². The number of aliphatic hydroxyl groups is 1. The van der Waals surface area contributed by atoms with Gasteiger partial charge in [-0.3, -0.25) is 4.79 Å². The minimum absolute atomic E-state index is 0.0119. The number of rotatable bonds is 6. The Balaban J connectivity index is 4.24. The van der Waals surface area contributed by atoms with Crippen molar-refractivity contribution in [1.29, 1.82) is 0 Å². The Hall–Kier alpha value is -0.260. The van der Waals surface area contributed by atoms with E-state index in [1.54, 1.807) is 11.8 Å². The first kappa shape index (κ1) is 16.7. The van der Waals surface area contributed by atoms with Crippen molar-refractivity contribution < 1.29 is 9.90 Å². The van der Waals surface area contributed by atoms with E-state index in [9.17, 15) is 9.90 Å². The number of carbonyl (C=O) groups is 1. The van der Waals surface area contributed by atoms with Crippen LogP contribution in [-0.4, -0.2) is 46.7 Å². The number of aliphatic hydroxyl groups excluding tert-OH is 1. The number of hydrogen-bond acceptors (Lipinski definition) is 4. The number of hydrogen-bond donors (Lipinski definition) is 3. The topological polar surface area (TPSA) is 61.4 Å². The lowest BCUT2D eigenvalue weighted by atomic mass is 10.1. The van der Waals surface area contributed by atoms with Crippen LogP contribution >= 0.6 is 11.8 Å². The summed E-state index contributed by atoms with van der Waals surface area (Å²) >= 11 is 1.60. The van der Waals surface area contributed by atoms with Crippen molar-refractivity contribution in [1.82, 2.24) is 10.6 Å². The minimum atomic E-state index is -0.259. The first-order valence-electron chi connectivity index (χ1n) is 5.93. The molecule has 4 nitrogen and oxygen atoms in total. The Labute approximate surface area is 109 Å². The van der Waals surface area contributed by atoms with Gasteiger partial charge in [0.05, 0.1) is 12.6 Å². The van der Waals surface area contributed by atoms with Gasteiger partial charge in [0.2, 0.25) is 5.91 Å². The molecule has 3 N–H and O–H groups in total. The maximum Gasteiger partial charge on any atom is 0.237 e. The van der Waals surface area contributed by atoms with Crippen molar-refractivity contribution in [3.63, 3.8) is 0 Å². The number of thioether (sulfide) groups is 1. The summed E-state index contributed by atoms with van der Waals surface area (Å²) in [6, 6.07) is -0.166. The average Bonchev–Trinajstić information content (AvgIpc) is 2.16. The molecule has 0 rings (SSSR count). The lowest BCUT2D eigenvalue weighted by Crippen LogP contribution is -2.53. The van der Waals surface area contributed by atoms with Crippen molar-refractivity contribution in [2.45, 2.75) is 57.5 Å². The Morgan fingerprint density at radius 3 is 2.24 bits per heavy atom. The molecule has 0 spiro atoms. The van der Waals surface area contributed by atoms with E-state index in [-0.39, 0.29) is 35.4 Å². The first-order chi connectivity index (χ1) is 7.71. The molecule has 3 atom stereocenters.